The lowest BCUT2D eigenvalue weighted by molar-refractivity contribution is -0.135. The molecule has 208 valence electrons. The van der Waals surface area contributed by atoms with Crippen molar-refractivity contribution in [2.24, 2.45) is 15.4 Å². The van der Waals surface area contributed by atoms with Crippen molar-refractivity contribution in [3.63, 3.8) is 0 Å². The molecule has 3 aliphatic rings. The van der Waals surface area contributed by atoms with Crippen molar-refractivity contribution in [3.8, 4) is 5.75 Å². The molecule has 13 heteroatoms. The monoisotopic (exact) mass is 562 g/mol. The highest BCUT2D eigenvalue weighted by Gasteiger charge is 2.55. The molecule has 3 atom stereocenters. The highest BCUT2D eigenvalue weighted by molar-refractivity contribution is 6.25. The fourth-order valence-corrected chi connectivity index (χ4v) is 5.11. The Labute approximate surface area is 231 Å². The van der Waals surface area contributed by atoms with Gasteiger partial charge in [-0.3, -0.25) is 19.4 Å². The molecule has 0 aliphatic carbocycles. The maximum Gasteiger partial charge on any atom is 0.387 e. The lowest BCUT2D eigenvalue weighted by atomic mass is 9.98. The SMILES string of the molecule is O=C1[C@H]2N=NN(CC(=O)N3N=C(c4ccc(OC(F)F)cc4)C[C@H]3c3ccccc3)[C@H]2C(=O)N1c1cccc(F)c1. The second kappa shape index (κ2) is 10.5. The van der Waals surface area contributed by atoms with Crippen LogP contribution in [0.3, 0.4) is 0 Å². The molecule has 3 aromatic carbocycles. The average molecular weight is 563 g/mol. The van der Waals surface area contributed by atoms with Crippen LogP contribution < -0.4 is 9.64 Å². The average Bonchev–Trinajstić information content (AvgIpc) is 3.65. The minimum atomic E-state index is -2.95. The summed E-state index contributed by atoms with van der Waals surface area (Å²) in [6.07, 6.45) is 0.336. The number of fused-ring (bicyclic) bond motifs is 1. The first kappa shape index (κ1) is 26.2. The molecule has 3 heterocycles. The summed E-state index contributed by atoms with van der Waals surface area (Å²) >= 11 is 0. The van der Waals surface area contributed by atoms with Crippen LogP contribution in [0, 0.1) is 5.82 Å². The largest absolute Gasteiger partial charge is 0.435 e. The lowest BCUT2D eigenvalue weighted by Gasteiger charge is -2.25. The Morgan fingerprint density at radius 1 is 0.976 bits per heavy atom. The number of halogens is 3. The van der Waals surface area contributed by atoms with Gasteiger partial charge in [-0.05, 0) is 53.6 Å². The third-order valence-electron chi connectivity index (χ3n) is 6.98. The molecular weight excluding hydrogens is 541 g/mol. The lowest BCUT2D eigenvalue weighted by Crippen LogP contribution is -2.44. The molecule has 6 rings (SSSR count). The number of anilines is 1. The number of rotatable bonds is 7. The smallest absolute Gasteiger partial charge is 0.387 e. The highest BCUT2D eigenvalue weighted by Crippen LogP contribution is 2.35. The molecule has 0 bridgehead atoms. The van der Waals surface area contributed by atoms with E-state index in [0.717, 1.165) is 21.5 Å². The molecule has 0 N–H and O–H groups in total. The van der Waals surface area contributed by atoms with Gasteiger partial charge in [-0.2, -0.15) is 19.0 Å². The molecule has 3 aliphatic heterocycles. The number of hydrogen-bond acceptors (Lipinski definition) is 8. The normalized spacial score (nSPS) is 21.6. The number of hydrazone groups is 1. The van der Waals surface area contributed by atoms with E-state index in [-0.39, 0.29) is 11.4 Å². The van der Waals surface area contributed by atoms with Gasteiger partial charge in [0, 0.05) is 6.42 Å². The van der Waals surface area contributed by atoms with E-state index in [1.165, 1.54) is 35.3 Å². The van der Waals surface area contributed by atoms with Gasteiger partial charge in [0.2, 0.25) is 0 Å². The Bertz CT molecular complexity index is 1570. The van der Waals surface area contributed by atoms with Crippen molar-refractivity contribution in [3.05, 3.63) is 95.8 Å². The van der Waals surface area contributed by atoms with E-state index < -0.39 is 54.8 Å². The number of benzene rings is 3. The standard InChI is InChI=1S/C28H21F3N6O4/c29-18-7-4-8-19(13-18)36-26(39)24-25(27(36)40)35(34-32-24)15-23(38)37-22(17-5-2-1-3-6-17)14-21(33-37)16-9-11-20(12-10-16)41-28(30)31/h1-13,22,24-25,28H,14-15H2/t22-,24-,25+/m0/s1. The maximum atomic E-state index is 13.8. The van der Waals surface area contributed by atoms with Gasteiger partial charge >= 0.3 is 6.61 Å². The van der Waals surface area contributed by atoms with Crippen LogP contribution in [0.5, 0.6) is 5.75 Å². The molecule has 0 unspecified atom stereocenters. The van der Waals surface area contributed by atoms with Crippen LogP contribution in [-0.4, -0.2) is 58.7 Å². The zero-order valence-electron chi connectivity index (χ0n) is 21.2. The van der Waals surface area contributed by atoms with Gasteiger partial charge in [-0.1, -0.05) is 41.6 Å². The van der Waals surface area contributed by atoms with Crippen LogP contribution in [-0.2, 0) is 14.4 Å². The van der Waals surface area contributed by atoms with Crippen LogP contribution in [0.25, 0.3) is 0 Å². The van der Waals surface area contributed by atoms with Crippen LogP contribution in [0.2, 0.25) is 0 Å². The molecule has 0 radical (unpaired) electrons. The number of hydrogen-bond donors (Lipinski definition) is 0. The molecule has 3 aromatic rings. The topological polar surface area (TPSA) is 107 Å². The van der Waals surface area contributed by atoms with Gasteiger partial charge in [0.1, 0.15) is 18.1 Å². The first-order chi connectivity index (χ1) is 19.8. The van der Waals surface area contributed by atoms with Gasteiger partial charge in [0.15, 0.2) is 12.1 Å². The predicted octanol–water partition coefficient (Wildman–Crippen LogP) is 4.10. The number of carbonyl (C=O) groups is 3. The molecule has 0 saturated carbocycles. The maximum absolute atomic E-state index is 13.8. The summed E-state index contributed by atoms with van der Waals surface area (Å²) in [5.41, 5.74) is 2.04. The van der Waals surface area contributed by atoms with Crippen LogP contribution in [0.4, 0.5) is 18.9 Å². The van der Waals surface area contributed by atoms with Crippen molar-refractivity contribution in [1.82, 2.24) is 10.0 Å². The van der Waals surface area contributed by atoms with Crippen molar-refractivity contribution < 1.29 is 32.3 Å². The first-order valence-electron chi connectivity index (χ1n) is 12.6. The Morgan fingerprint density at radius 3 is 2.44 bits per heavy atom. The predicted molar refractivity (Wildman–Crippen MR) is 138 cm³/mol. The summed E-state index contributed by atoms with van der Waals surface area (Å²) < 4.78 is 43.3. The molecule has 1 saturated heterocycles. The quantitative estimate of drug-likeness (QED) is 0.403. The number of carbonyl (C=O) groups excluding carboxylic acids is 3. The fraction of sp³-hybridized carbons (Fsp3) is 0.214. The van der Waals surface area contributed by atoms with Crippen LogP contribution >= 0.6 is 0 Å². The van der Waals surface area contributed by atoms with Gasteiger partial charge < -0.3 is 4.74 Å². The van der Waals surface area contributed by atoms with Crippen LogP contribution in [0.15, 0.2) is 94.3 Å². The van der Waals surface area contributed by atoms with Crippen molar-refractivity contribution >= 4 is 29.1 Å². The second-order valence-electron chi connectivity index (χ2n) is 9.50. The molecule has 0 aromatic heterocycles. The molecule has 41 heavy (non-hydrogen) atoms. The van der Waals surface area contributed by atoms with Crippen molar-refractivity contribution in [2.45, 2.75) is 31.2 Å². The molecule has 10 nitrogen and oxygen atoms in total. The fourth-order valence-electron chi connectivity index (χ4n) is 5.11. The number of imide groups is 1. The summed E-state index contributed by atoms with van der Waals surface area (Å²) in [7, 11) is 0. The van der Waals surface area contributed by atoms with E-state index in [1.807, 2.05) is 30.3 Å². The summed E-state index contributed by atoms with van der Waals surface area (Å²) in [6, 6.07) is 17.4. The zero-order valence-corrected chi connectivity index (χ0v) is 21.2. The third kappa shape index (κ3) is 4.90. The van der Waals surface area contributed by atoms with Gasteiger partial charge in [0.05, 0.1) is 17.4 Å². The van der Waals surface area contributed by atoms with E-state index in [9.17, 15) is 27.6 Å². The molecule has 3 amide bonds. The van der Waals surface area contributed by atoms with E-state index in [2.05, 4.69) is 20.2 Å². The third-order valence-corrected chi connectivity index (χ3v) is 6.98. The number of alkyl halides is 2. The Balaban J connectivity index is 1.24. The van der Waals surface area contributed by atoms with Gasteiger partial charge in [-0.25, -0.2) is 14.3 Å². The van der Waals surface area contributed by atoms with Crippen molar-refractivity contribution in [1.29, 1.82) is 0 Å². The summed E-state index contributed by atoms with van der Waals surface area (Å²) in [5, 5.41) is 14.9. The van der Waals surface area contributed by atoms with Gasteiger partial charge in [0.25, 0.3) is 17.7 Å². The molecular formula is C28H21F3N6O4. The minimum absolute atomic E-state index is 0.00750. The number of nitrogens with zero attached hydrogens (tertiary/aromatic N) is 6. The zero-order chi connectivity index (χ0) is 28.7. The highest BCUT2D eigenvalue weighted by atomic mass is 19.3. The second-order valence-corrected chi connectivity index (χ2v) is 9.50. The Hall–Kier alpha value is -5.07. The summed E-state index contributed by atoms with van der Waals surface area (Å²) in [5.74, 6) is -2.45. The van der Waals surface area contributed by atoms with E-state index in [4.69, 9.17) is 0 Å². The van der Waals surface area contributed by atoms with Crippen molar-refractivity contribution in [2.75, 3.05) is 11.4 Å². The minimum Gasteiger partial charge on any atom is -0.435 e. The number of ether oxygens (including phenoxy) is 1. The first-order valence-corrected chi connectivity index (χ1v) is 12.6. The number of amides is 3. The van der Waals surface area contributed by atoms with Crippen LogP contribution in [0.1, 0.15) is 23.6 Å². The molecule has 0 spiro atoms. The summed E-state index contributed by atoms with van der Waals surface area (Å²) in [4.78, 5) is 40.7. The van der Waals surface area contributed by atoms with Gasteiger partial charge in [-0.15, -0.1) is 0 Å². The Morgan fingerprint density at radius 2 is 1.73 bits per heavy atom. The molecule has 1 fully saturated rings. The Kier molecular flexibility index (Phi) is 6.69. The van der Waals surface area contributed by atoms with E-state index >= 15 is 0 Å². The summed E-state index contributed by atoms with van der Waals surface area (Å²) in [6.45, 7) is -3.35. The van der Waals surface area contributed by atoms with E-state index in [1.54, 1.807) is 12.1 Å². The van der Waals surface area contributed by atoms with E-state index in [0.29, 0.717) is 17.7 Å².